The number of aliphatic hydroxyl groups is 1. The third kappa shape index (κ3) is 4.69. The van der Waals surface area contributed by atoms with Gasteiger partial charge in [0.2, 0.25) is 5.91 Å². The van der Waals surface area contributed by atoms with E-state index in [9.17, 15) is 19.5 Å². The molecule has 0 aromatic heterocycles. The Bertz CT molecular complexity index is 397. The molecule has 0 saturated carbocycles. The van der Waals surface area contributed by atoms with Crippen LogP contribution in [0.15, 0.2) is 0 Å². The summed E-state index contributed by atoms with van der Waals surface area (Å²) in [6.07, 6.45) is 1.65. The van der Waals surface area contributed by atoms with Crippen LogP contribution in [0.3, 0.4) is 0 Å². The average Bonchev–Trinajstić information content (AvgIpc) is 2.34. The molecule has 0 aromatic rings. The van der Waals surface area contributed by atoms with E-state index in [1.807, 2.05) is 0 Å². The molecule has 1 rings (SSSR count). The normalized spacial score (nSPS) is 21.9. The standard InChI is InChI=1S/C12H21N3O5/c1-12(20,6-9(16)17)7-14-11(19)15-5-3-2-4-8(15)10(13)18/h8,20H,2-7H2,1H3,(H2,13,18)(H,14,19)(H,16,17). The van der Waals surface area contributed by atoms with E-state index in [1.54, 1.807) is 0 Å². The molecule has 2 unspecified atom stereocenters. The van der Waals surface area contributed by atoms with Crippen LogP contribution in [0.5, 0.6) is 0 Å². The Balaban J connectivity index is 2.56. The summed E-state index contributed by atoms with van der Waals surface area (Å²) in [5.41, 5.74) is 3.71. The predicted molar refractivity (Wildman–Crippen MR) is 69.8 cm³/mol. The number of carboxylic acids is 1. The molecule has 1 saturated heterocycles. The van der Waals surface area contributed by atoms with Gasteiger partial charge in [0.15, 0.2) is 0 Å². The predicted octanol–water partition coefficient (Wildman–Crippen LogP) is -0.738. The SMILES string of the molecule is CC(O)(CNC(=O)N1CCCCC1C(N)=O)CC(=O)O. The van der Waals surface area contributed by atoms with Crippen molar-refractivity contribution in [2.45, 2.75) is 44.2 Å². The monoisotopic (exact) mass is 287 g/mol. The molecule has 2 atom stereocenters. The Morgan fingerprint density at radius 1 is 1.40 bits per heavy atom. The molecule has 8 heteroatoms. The number of likely N-dealkylation sites (tertiary alicyclic amines) is 1. The molecule has 114 valence electrons. The van der Waals surface area contributed by atoms with Crippen molar-refractivity contribution in [1.82, 2.24) is 10.2 Å². The van der Waals surface area contributed by atoms with Gasteiger partial charge in [-0.2, -0.15) is 0 Å². The summed E-state index contributed by atoms with van der Waals surface area (Å²) in [5.74, 6) is -1.71. The number of nitrogens with two attached hydrogens (primary N) is 1. The first-order chi connectivity index (χ1) is 9.23. The number of carbonyl (C=O) groups excluding carboxylic acids is 2. The first-order valence-electron chi connectivity index (χ1n) is 6.51. The molecule has 20 heavy (non-hydrogen) atoms. The highest BCUT2D eigenvalue weighted by Gasteiger charge is 2.32. The minimum Gasteiger partial charge on any atom is -0.481 e. The number of rotatable bonds is 5. The fourth-order valence-electron chi connectivity index (χ4n) is 2.23. The van der Waals surface area contributed by atoms with Gasteiger partial charge in [0.05, 0.1) is 12.0 Å². The molecule has 0 radical (unpaired) electrons. The highest BCUT2D eigenvalue weighted by molar-refractivity contribution is 5.86. The maximum Gasteiger partial charge on any atom is 0.318 e. The molecule has 1 aliphatic rings. The van der Waals surface area contributed by atoms with Crippen molar-refractivity contribution in [2.24, 2.45) is 5.73 Å². The number of urea groups is 1. The summed E-state index contributed by atoms with van der Waals surface area (Å²) in [6.45, 7) is 1.53. The second-order valence-corrected chi connectivity index (χ2v) is 5.33. The molecule has 1 fully saturated rings. The lowest BCUT2D eigenvalue weighted by molar-refractivity contribution is -0.141. The van der Waals surface area contributed by atoms with E-state index in [0.717, 1.165) is 12.8 Å². The second kappa shape index (κ2) is 6.56. The number of piperidine rings is 1. The number of aliphatic carboxylic acids is 1. The third-order valence-corrected chi connectivity index (χ3v) is 3.24. The van der Waals surface area contributed by atoms with Gasteiger partial charge in [-0.25, -0.2) is 4.79 Å². The lowest BCUT2D eigenvalue weighted by Crippen LogP contribution is -2.55. The van der Waals surface area contributed by atoms with Gasteiger partial charge in [0, 0.05) is 13.1 Å². The van der Waals surface area contributed by atoms with Gasteiger partial charge >= 0.3 is 12.0 Å². The molecule has 1 heterocycles. The minimum atomic E-state index is -1.54. The molecule has 0 bridgehead atoms. The second-order valence-electron chi connectivity index (χ2n) is 5.33. The Kier molecular flexibility index (Phi) is 5.32. The largest absolute Gasteiger partial charge is 0.481 e. The summed E-state index contributed by atoms with van der Waals surface area (Å²) in [7, 11) is 0. The lowest BCUT2D eigenvalue weighted by atomic mass is 10.0. The first kappa shape index (κ1) is 16.2. The van der Waals surface area contributed by atoms with Crippen LogP contribution in [0, 0.1) is 0 Å². The summed E-state index contributed by atoms with van der Waals surface area (Å²) in [4.78, 5) is 35.2. The number of nitrogens with one attached hydrogen (secondary N) is 1. The van der Waals surface area contributed by atoms with E-state index < -0.39 is 36.0 Å². The molecule has 0 aliphatic carbocycles. The van der Waals surface area contributed by atoms with Crippen molar-refractivity contribution >= 4 is 17.9 Å². The number of hydrogen-bond donors (Lipinski definition) is 4. The van der Waals surface area contributed by atoms with Crippen LogP contribution in [0.25, 0.3) is 0 Å². The molecule has 0 spiro atoms. The number of carbonyl (C=O) groups is 3. The van der Waals surface area contributed by atoms with E-state index >= 15 is 0 Å². The highest BCUT2D eigenvalue weighted by Crippen LogP contribution is 2.17. The summed E-state index contributed by atoms with van der Waals surface area (Å²) in [6, 6.07) is -1.16. The van der Waals surface area contributed by atoms with Gasteiger partial charge in [0.25, 0.3) is 0 Å². The van der Waals surface area contributed by atoms with Crippen LogP contribution in [-0.2, 0) is 9.59 Å². The molecular weight excluding hydrogens is 266 g/mol. The van der Waals surface area contributed by atoms with E-state index in [4.69, 9.17) is 10.8 Å². The van der Waals surface area contributed by atoms with Gasteiger partial charge in [-0.3, -0.25) is 9.59 Å². The van der Waals surface area contributed by atoms with Crippen LogP contribution in [-0.4, -0.2) is 57.8 Å². The van der Waals surface area contributed by atoms with Crippen molar-refractivity contribution in [2.75, 3.05) is 13.1 Å². The van der Waals surface area contributed by atoms with Gasteiger partial charge in [-0.05, 0) is 26.2 Å². The molecular formula is C12H21N3O5. The van der Waals surface area contributed by atoms with E-state index in [-0.39, 0.29) is 6.54 Å². The van der Waals surface area contributed by atoms with Crippen molar-refractivity contribution in [1.29, 1.82) is 0 Å². The van der Waals surface area contributed by atoms with Gasteiger partial charge < -0.3 is 26.2 Å². The quantitative estimate of drug-likeness (QED) is 0.528. The van der Waals surface area contributed by atoms with Crippen LogP contribution in [0.1, 0.15) is 32.6 Å². The van der Waals surface area contributed by atoms with Crippen LogP contribution in [0.2, 0.25) is 0 Å². The zero-order valence-electron chi connectivity index (χ0n) is 11.5. The van der Waals surface area contributed by atoms with E-state index in [1.165, 1.54) is 11.8 Å². The number of amides is 3. The number of primary amides is 1. The van der Waals surface area contributed by atoms with Gasteiger partial charge in [0.1, 0.15) is 6.04 Å². The van der Waals surface area contributed by atoms with Crippen molar-refractivity contribution in [3.8, 4) is 0 Å². The Morgan fingerprint density at radius 3 is 2.60 bits per heavy atom. The smallest absolute Gasteiger partial charge is 0.318 e. The fourth-order valence-corrected chi connectivity index (χ4v) is 2.23. The van der Waals surface area contributed by atoms with Gasteiger partial charge in [-0.1, -0.05) is 0 Å². The van der Waals surface area contributed by atoms with E-state index in [2.05, 4.69) is 5.32 Å². The zero-order valence-corrected chi connectivity index (χ0v) is 11.5. The lowest BCUT2D eigenvalue weighted by Gasteiger charge is -2.34. The Labute approximate surface area is 116 Å². The summed E-state index contributed by atoms with van der Waals surface area (Å²) in [5, 5.41) is 20.9. The van der Waals surface area contributed by atoms with E-state index in [0.29, 0.717) is 13.0 Å². The van der Waals surface area contributed by atoms with Crippen molar-refractivity contribution < 1.29 is 24.6 Å². The van der Waals surface area contributed by atoms with Gasteiger partial charge in [-0.15, -0.1) is 0 Å². The fraction of sp³-hybridized carbons (Fsp3) is 0.750. The molecule has 1 aliphatic heterocycles. The minimum absolute atomic E-state index is 0.208. The summed E-state index contributed by atoms with van der Waals surface area (Å²) >= 11 is 0. The van der Waals surface area contributed by atoms with Crippen LogP contribution in [0.4, 0.5) is 4.79 Å². The molecule has 0 aromatic carbocycles. The van der Waals surface area contributed by atoms with Crippen molar-refractivity contribution in [3.63, 3.8) is 0 Å². The number of nitrogens with zero attached hydrogens (tertiary/aromatic N) is 1. The first-order valence-corrected chi connectivity index (χ1v) is 6.51. The third-order valence-electron chi connectivity index (χ3n) is 3.24. The number of hydrogen-bond acceptors (Lipinski definition) is 4. The highest BCUT2D eigenvalue weighted by atomic mass is 16.4. The average molecular weight is 287 g/mol. The maximum absolute atomic E-state index is 12.0. The molecule has 8 nitrogen and oxygen atoms in total. The molecule has 5 N–H and O–H groups in total. The Morgan fingerprint density at radius 2 is 2.05 bits per heavy atom. The zero-order chi connectivity index (χ0) is 15.3. The maximum atomic E-state index is 12.0. The van der Waals surface area contributed by atoms with Crippen LogP contribution >= 0.6 is 0 Å². The summed E-state index contributed by atoms with van der Waals surface area (Å²) < 4.78 is 0. The topological polar surface area (TPSA) is 133 Å². The molecule has 3 amide bonds. The number of carboxylic acid groups (broad SMARTS) is 1. The van der Waals surface area contributed by atoms with Crippen molar-refractivity contribution in [3.05, 3.63) is 0 Å². The van der Waals surface area contributed by atoms with Crippen LogP contribution < -0.4 is 11.1 Å². The Hall–Kier alpha value is -1.83.